The molecule has 2 aliphatic rings. The molecule has 0 radical (unpaired) electrons. The lowest BCUT2D eigenvalue weighted by Crippen LogP contribution is -2.47. The molecule has 3 heterocycles. The Labute approximate surface area is 163 Å². The number of fused-ring (bicyclic) bond motifs is 1. The Morgan fingerprint density at radius 3 is 2.29 bits per heavy atom. The fraction of sp³-hybridized carbons (Fsp3) is 0.400. The Hall–Kier alpha value is -3.00. The fourth-order valence-corrected chi connectivity index (χ4v) is 3.66. The minimum atomic E-state index is -0.180. The molecule has 0 spiro atoms. The molecule has 1 fully saturated rings. The standard InChI is InChI=1S/C20H23N5O3/c1-28-17-7-8-21-20(22-17)24-13-11-23(12-14-24)9-4-10-25-18(26)15-5-2-3-6-16(15)19(25)27/h2-3,5-8H,4,9-14H2,1H3. The number of ether oxygens (including phenoxy) is 1. The van der Waals surface area contributed by atoms with Gasteiger partial charge >= 0.3 is 0 Å². The Balaban J connectivity index is 1.25. The predicted octanol–water partition coefficient (Wildman–Crippen LogP) is 1.29. The van der Waals surface area contributed by atoms with Crippen LogP contribution >= 0.6 is 0 Å². The number of hydrogen-bond donors (Lipinski definition) is 0. The van der Waals surface area contributed by atoms with Crippen LogP contribution in [-0.4, -0.2) is 78.0 Å². The third-order valence-corrected chi connectivity index (χ3v) is 5.22. The molecule has 146 valence electrons. The van der Waals surface area contributed by atoms with Crippen molar-refractivity contribution in [2.24, 2.45) is 0 Å². The highest BCUT2D eigenvalue weighted by Crippen LogP contribution is 2.22. The molecule has 1 aromatic heterocycles. The van der Waals surface area contributed by atoms with Crippen LogP contribution in [0.4, 0.5) is 5.95 Å². The van der Waals surface area contributed by atoms with E-state index in [2.05, 4.69) is 19.8 Å². The summed E-state index contributed by atoms with van der Waals surface area (Å²) in [7, 11) is 1.60. The average Bonchev–Trinajstić information content (AvgIpc) is 2.99. The molecule has 28 heavy (non-hydrogen) atoms. The largest absolute Gasteiger partial charge is 0.481 e. The Kier molecular flexibility index (Phi) is 5.21. The third kappa shape index (κ3) is 3.55. The van der Waals surface area contributed by atoms with Gasteiger partial charge < -0.3 is 9.64 Å². The summed E-state index contributed by atoms with van der Waals surface area (Å²) >= 11 is 0. The second-order valence-electron chi connectivity index (χ2n) is 6.89. The molecule has 2 aromatic rings. The van der Waals surface area contributed by atoms with E-state index in [9.17, 15) is 9.59 Å². The summed E-state index contributed by atoms with van der Waals surface area (Å²) in [5.74, 6) is 0.889. The van der Waals surface area contributed by atoms with Gasteiger partial charge in [0.15, 0.2) is 0 Å². The number of aromatic nitrogens is 2. The molecule has 2 amide bonds. The van der Waals surface area contributed by atoms with Crippen molar-refractivity contribution in [2.45, 2.75) is 6.42 Å². The number of anilines is 1. The molecule has 8 nitrogen and oxygen atoms in total. The van der Waals surface area contributed by atoms with Crippen molar-refractivity contribution >= 4 is 17.8 Å². The van der Waals surface area contributed by atoms with Crippen molar-refractivity contribution in [3.63, 3.8) is 0 Å². The molecule has 0 aliphatic carbocycles. The topological polar surface area (TPSA) is 78.9 Å². The number of benzene rings is 1. The van der Waals surface area contributed by atoms with Crippen LogP contribution in [0.1, 0.15) is 27.1 Å². The zero-order valence-corrected chi connectivity index (χ0v) is 15.9. The summed E-state index contributed by atoms with van der Waals surface area (Å²) in [6.07, 6.45) is 2.47. The quantitative estimate of drug-likeness (QED) is 0.698. The molecule has 4 rings (SSSR count). The van der Waals surface area contributed by atoms with Crippen LogP contribution in [0.3, 0.4) is 0 Å². The van der Waals surface area contributed by atoms with E-state index in [-0.39, 0.29) is 11.8 Å². The number of imide groups is 1. The van der Waals surface area contributed by atoms with Crippen LogP contribution in [0.25, 0.3) is 0 Å². The number of amides is 2. The lowest BCUT2D eigenvalue weighted by atomic mass is 10.1. The minimum Gasteiger partial charge on any atom is -0.481 e. The molecule has 2 aliphatic heterocycles. The Morgan fingerprint density at radius 2 is 1.64 bits per heavy atom. The Morgan fingerprint density at radius 1 is 0.964 bits per heavy atom. The molecule has 8 heteroatoms. The first-order valence-electron chi connectivity index (χ1n) is 9.47. The summed E-state index contributed by atoms with van der Waals surface area (Å²) < 4.78 is 5.16. The van der Waals surface area contributed by atoms with Crippen molar-refractivity contribution in [1.82, 2.24) is 19.8 Å². The van der Waals surface area contributed by atoms with Gasteiger partial charge in [-0.2, -0.15) is 4.98 Å². The second-order valence-corrected chi connectivity index (χ2v) is 6.89. The van der Waals surface area contributed by atoms with Gasteiger partial charge in [0.05, 0.1) is 18.2 Å². The predicted molar refractivity (Wildman–Crippen MR) is 104 cm³/mol. The van der Waals surface area contributed by atoms with Gasteiger partial charge in [-0.05, 0) is 25.1 Å². The monoisotopic (exact) mass is 381 g/mol. The molecule has 0 N–H and O–H groups in total. The van der Waals surface area contributed by atoms with Crippen molar-refractivity contribution < 1.29 is 14.3 Å². The highest BCUT2D eigenvalue weighted by Gasteiger charge is 2.34. The van der Waals surface area contributed by atoms with E-state index in [4.69, 9.17) is 4.74 Å². The van der Waals surface area contributed by atoms with Gasteiger partial charge in [0.25, 0.3) is 11.8 Å². The number of piperazine rings is 1. The molecule has 0 saturated carbocycles. The van der Waals surface area contributed by atoms with Gasteiger partial charge in [0.1, 0.15) is 0 Å². The summed E-state index contributed by atoms with van der Waals surface area (Å²) in [5, 5.41) is 0. The zero-order chi connectivity index (χ0) is 19.5. The minimum absolute atomic E-state index is 0.180. The SMILES string of the molecule is COc1ccnc(N2CCN(CCCN3C(=O)c4ccccc4C3=O)CC2)n1. The zero-order valence-electron chi connectivity index (χ0n) is 15.9. The number of carbonyl (C=O) groups excluding carboxylic acids is 2. The van der Waals surface area contributed by atoms with E-state index in [1.807, 2.05) is 0 Å². The number of carbonyl (C=O) groups is 2. The van der Waals surface area contributed by atoms with Crippen LogP contribution in [0.15, 0.2) is 36.5 Å². The lowest BCUT2D eigenvalue weighted by molar-refractivity contribution is 0.0647. The van der Waals surface area contributed by atoms with E-state index >= 15 is 0 Å². The van der Waals surface area contributed by atoms with Gasteiger partial charge in [-0.1, -0.05) is 12.1 Å². The average molecular weight is 381 g/mol. The number of rotatable bonds is 6. The van der Waals surface area contributed by atoms with Crippen molar-refractivity contribution in [1.29, 1.82) is 0 Å². The van der Waals surface area contributed by atoms with Crippen LogP contribution in [-0.2, 0) is 0 Å². The van der Waals surface area contributed by atoms with Gasteiger partial charge in [0.2, 0.25) is 11.8 Å². The van der Waals surface area contributed by atoms with Crippen LogP contribution in [0, 0.1) is 0 Å². The normalized spacial score (nSPS) is 17.2. The molecular formula is C20H23N5O3. The summed E-state index contributed by atoms with van der Waals surface area (Å²) in [4.78, 5) is 39.4. The van der Waals surface area contributed by atoms with Crippen molar-refractivity contribution in [2.75, 3.05) is 51.3 Å². The summed E-state index contributed by atoms with van der Waals surface area (Å²) in [6.45, 7) is 4.75. The van der Waals surface area contributed by atoms with Crippen LogP contribution in [0.5, 0.6) is 5.88 Å². The molecule has 0 atom stereocenters. The van der Waals surface area contributed by atoms with E-state index in [1.54, 1.807) is 43.6 Å². The fourth-order valence-electron chi connectivity index (χ4n) is 3.66. The first-order valence-corrected chi connectivity index (χ1v) is 9.47. The van der Waals surface area contributed by atoms with Gasteiger partial charge in [-0.15, -0.1) is 0 Å². The molecule has 0 bridgehead atoms. The first-order chi connectivity index (χ1) is 13.7. The maximum atomic E-state index is 12.4. The first kappa shape index (κ1) is 18.4. The van der Waals surface area contributed by atoms with Crippen LogP contribution in [0.2, 0.25) is 0 Å². The van der Waals surface area contributed by atoms with Gasteiger partial charge in [0, 0.05) is 45.0 Å². The van der Waals surface area contributed by atoms with Gasteiger partial charge in [-0.25, -0.2) is 4.98 Å². The van der Waals surface area contributed by atoms with Crippen molar-refractivity contribution in [3.8, 4) is 5.88 Å². The lowest BCUT2D eigenvalue weighted by Gasteiger charge is -2.34. The second kappa shape index (κ2) is 7.93. The van der Waals surface area contributed by atoms with E-state index in [0.717, 1.165) is 39.1 Å². The summed E-state index contributed by atoms with van der Waals surface area (Å²) in [6, 6.07) is 8.75. The van der Waals surface area contributed by atoms with Crippen LogP contribution < -0.4 is 9.64 Å². The molecular weight excluding hydrogens is 358 g/mol. The van der Waals surface area contributed by atoms with Crippen molar-refractivity contribution in [3.05, 3.63) is 47.7 Å². The maximum absolute atomic E-state index is 12.4. The molecule has 0 unspecified atom stereocenters. The number of methoxy groups -OCH3 is 1. The highest BCUT2D eigenvalue weighted by atomic mass is 16.5. The van der Waals surface area contributed by atoms with E-state index in [1.165, 1.54) is 4.90 Å². The number of hydrogen-bond acceptors (Lipinski definition) is 7. The Bertz CT molecular complexity index is 845. The van der Waals surface area contributed by atoms with E-state index in [0.29, 0.717) is 29.5 Å². The number of nitrogens with zero attached hydrogens (tertiary/aromatic N) is 5. The van der Waals surface area contributed by atoms with Gasteiger partial charge in [-0.3, -0.25) is 19.4 Å². The molecule has 1 aromatic carbocycles. The van der Waals surface area contributed by atoms with E-state index < -0.39 is 0 Å². The highest BCUT2D eigenvalue weighted by molar-refractivity contribution is 6.21. The maximum Gasteiger partial charge on any atom is 0.261 e. The smallest absolute Gasteiger partial charge is 0.261 e. The third-order valence-electron chi connectivity index (χ3n) is 5.22. The molecule has 1 saturated heterocycles. The summed E-state index contributed by atoms with van der Waals surface area (Å²) in [5.41, 5.74) is 1.03.